The molecule has 4 rings (SSSR count). The number of carboxylic acid groups (broad SMARTS) is 2. The maximum Gasteiger partial charge on any atom is 0.335 e. The lowest BCUT2D eigenvalue weighted by Crippen LogP contribution is -2.30. The van der Waals surface area contributed by atoms with Crippen molar-refractivity contribution in [2.45, 2.75) is 38.5 Å². The van der Waals surface area contributed by atoms with Gasteiger partial charge in [0.05, 0.1) is 18.3 Å². The summed E-state index contributed by atoms with van der Waals surface area (Å²) in [6.45, 7) is 2.23. The Hall–Kier alpha value is -4.17. The van der Waals surface area contributed by atoms with E-state index >= 15 is 0 Å². The van der Waals surface area contributed by atoms with E-state index in [1.807, 2.05) is 78.9 Å². The molecular weight excluding hydrogens is 554 g/mol. The summed E-state index contributed by atoms with van der Waals surface area (Å²) in [7, 11) is 0. The molecule has 0 aliphatic rings. The predicted molar refractivity (Wildman–Crippen MR) is 162 cm³/mol. The number of benzene rings is 4. The zero-order valence-electron chi connectivity index (χ0n) is 23.2. The van der Waals surface area contributed by atoms with E-state index in [1.165, 1.54) is 0 Å². The molecule has 0 unspecified atom stereocenters. The van der Waals surface area contributed by atoms with Crippen LogP contribution in [0.4, 0.5) is 0 Å². The van der Waals surface area contributed by atoms with Gasteiger partial charge in [-0.05, 0) is 84.6 Å². The van der Waals surface area contributed by atoms with Gasteiger partial charge in [0.1, 0.15) is 11.5 Å². The summed E-state index contributed by atoms with van der Waals surface area (Å²) in [5.41, 5.74) is 3.25. The molecule has 0 saturated carbocycles. The van der Waals surface area contributed by atoms with Crippen molar-refractivity contribution in [2.75, 3.05) is 13.1 Å². The van der Waals surface area contributed by atoms with Crippen LogP contribution in [0.2, 0.25) is 5.02 Å². The molecule has 7 nitrogen and oxygen atoms in total. The lowest BCUT2D eigenvalue weighted by Gasteiger charge is -2.28. The molecule has 0 spiro atoms. The quantitative estimate of drug-likeness (QED) is 0.129. The summed E-state index contributed by atoms with van der Waals surface area (Å²) in [6.07, 6.45) is 1.17. The van der Waals surface area contributed by atoms with Crippen molar-refractivity contribution < 1.29 is 29.3 Å². The minimum Gasteiger partial charge on any atom is -0.481 e. The van der Waals surface area contributed by atoms with Gasteiger partial charge < -0.3 is 19.7 Å². The molecule has 0 aliphatic carbocycles. The van der Waals surface area contributed by atoms with Gasteiger partial charge in [0.25, 0.3) is 0 Å². The fourth-order valence-corrected chi connectivity index (χ4v) is 4.63. The molecular formula is C34H34ClNO6. The van der Waals surface area contributed by atoms with Gasteiger partial charge in [-0.1, -0.05) is 66.2 Å². The average Bonchev–Trinajstić information content (AvgIpc) is 2.99. The summed E-state index contributed by atoms with van der Waals surface area (Å²) >= 11 is 5.96. The molecule has 42 heavy (non-hydrogen) atoms. The molecule has 4 aromatic carbocycles. The highest BCUT2D eigenvalue weighted by Crippen LogP contribution is 2.26. The maximum absolute atomic E-state index is 11.3. The zero-order chi connectivity index (χ0) is 29.7. The number of rotatable bonds is 16. The largest absolute Gasteiger partial charge is 0.481 e. The van der Waals surface area contributed by atoms with Crippen molar-refractivity contribution in [2.24, 2.45) is 0 Å². The van der Waals surface area contributed by atoms with E-state index in [2.05, 4.69) is 4.90 Å². The van der Waals surface area contributed by atoms with Crippen molar-refractivity contribution in [1.29, 1.82) is 0 Å². The van der Waals surface area contributed by atoms with Crippen LogP contribution in [0.1, 0.15) is 52.4 Å². The molecule has 2 N–H and O–H groups in total. The molecule has 218 valence electrons. The number of carbonyl (C=O) groups is 2. The highest BCUT2D eigenvalue weighted by molar-refractivity contribution is 6.30. The van der Waals surface area contributed by atoms with Crippen LogP contribution in [0, 0.1) is 0 Å². The molecule has 0 radical (unpaired) electrons. The molecule has 0 saturated heterocycles. The van der Waals surface area contributed by atoms with Crippen LogP contribution in [0.25, 0.3) is 0 Å². The third-order valence-electron chi connectivity index (χ3n) is 6.74. The summed E-state index contributed by atoms with van der Waals surface area (Å²) < 4.78 is 12.4. The van der Waals surface area contributed by atoms with Crippen LogP contribution in [-0.4, -0.2) is 40.1 Å². The Balaban J connectivity index is 1.44. The van der Waals surface area contributed by atoms with Crippen molar-refractivity contribution in [3.8, 4) is 11.5 Å². The lowest BCUT2D eigenvalue weighted by atomic mass is 10.1. The molecule has 0 fully saturated rings. The number of hydrogen-bond donors (Lipinski definition) is 2. The van der Waals surface area contributed by atoms with Crippen LogP contribution in [0.3, 0.4) is 0 Å². The van der Waals surface area contributed by atoms with Gasteiger partial charge in [-0.25, -0.2) is 4.79 Å². The maximum atomic E-state index is 11.3. The minimum absolute atomic E-state index is 0.123. The fourth-order valence-electron chi connectivity index (χ4n) is 4.50. The summed E-state index contributed by atoms with van der Waals surface area (Å²) in [4.78, 5) is 24.6. The number of unbranched alkanes of at least 4 members (excludes halogenated alkanes) is 1. The van der Waals surface area contributed by atoms with Gasteiger partial charge in [0, 0.05) is 24.5 Å². The van der Waals surface area contributed by atoms with E-state index in [1.54, 1.807) is 24.3 Å². The SMILES string of the molecule is O=C(O)CCCCN(Cc1ccc(C(=O)O)cc1)C[C@H](OCc1ccc(Oc2ccc(Cl)cc2)cc1)c1ccccc1. The van der Waals surface area contributed by atoms with Gasteiger partial charge in [-0.2, -0.15) is 0 Å². The Labute approximate surface area is 250 Å². The Morgan fingerprint density at radius 3 is 2.00 bits per heavy atom. The summed E-state index contributed by atoms with van der Waals surface area (Å²) in [5.74, 6) is -0.356. The van der Waals surface area contributed by atoms with Gasteiger partial charge >= 0.3 is 11.9 Å². The predicted octanol–water partition coefficient (Wildman–Crippen LogP) is 7.85. The van der Waals surface area contributed by atoms with E-state index in [9.17, 15) is 14.7 Å². The Morgan fingerprint density at radius 1 is 0.762 bits per heavy atom. The Kier molecular flexibility index (Phi) is 11.5. The molecule has 4 aromatic rings. The van der Waals surface area contributed by atoms with E-state index in [0.717, 1.165) is 23.1 Å². The van der Waals surface area contributed by atoms with E-state index in [-0.39, 0.29) is 18.1 Å². The van der Waals surface area contributed by atoms with E-state index in [4.69, 9.17) is 26.2 Å². The monoisotopic (exact) mass is 587 g/mol. The lowest BCUT2D eigenvalue weighted by molar-refractivity contribution is -0.137. The van der Waals surface area contributed by atoms with Crippen molar-refractivity contribution >= 4 is 23.5 Å². The number of aromatic carboxylic acids is 1. The van der Waals surface area contributed by atoms with E-state index < -0.39 is 11.9 Å². The molecule has 0 aliphatic heterocycles. The van der Waals surface area contributed by atoms with Gasteiger partial charge in [0.2, 0.25) is 0 Å². The number of halogens is 1. The molecule has 0 amide bonds. The summed E-state index contributed by atoms with van der Waals surface area (Å²) in [5, 5.41) is 19.0. The topological polar surface area (TPSA) is 96.3 Å². The second kappa shape index (κ2) is 15.7. The van der Waals surface area contributed by atoms with Gasteiger partial charge in [0.15, 0.2) is 0 Å². The summed E-state index contributed by atoms with van der Waals surface area (Å²) in [6, 6.07) is 31.8. The Bertz CT molecular complexity index is 1410. The first kappa shape index (κ1) is 30.8. The first-order chi connectivity index (χ1) is 20.4. The third-order valence-corrected chi connectivity index (χ3v) is 6.99. The van der Waals surface area contributed by atoms with Crippen LogP contribution in [0.5, 0.6) is 11.5 Å². The van der Waals surface area contributed by atoms with Crippen LogP contribution in [-0.2, 0) is 22.7 Å². The smallest absolute Gasteiger partial charge is 0.335 e. The average molecular weight is 588 g/mol. The van der Waals surface area contributed by atoms with Gasteiger partial charge in [-0.3, -0.25) is 9.69 Å². The van der Waals surface area contributed by atoms with Crippen molar-refractivity contribution in [3.63, 3.8) is 0 Å². The van der Waals surface area contributed by atoms with Crippen LogP contribution >= 0.6 is 11.6 Å². The number of hydrogen-bond acceptors (Lipinski definition) is 5. The standard InChI is InChI=1S/C34H34ClNO6/c35-29-15-19-31(20-16-29)42-30-17-11-26(12-18-30)24-41-32(27-6-2-1-3-7-27)23-36(21-5-4-8-33(37)38)22-25-9-13-28(14-10-25)34(39)40/h1-3,6-7,9-20,32H,4-5,8,21-24H2,(H,37,38)(H,39,40)/t32-/m0/s1. The number of nitrogens with zero attached hydrogens (tertiary/aromatic N) is 1. The fraction of sp³-hybridized carbons (Fsp3) is 0.235. The highest BCUT2D eigenvalue weighted by atomic mass is 35.5. The third kappa shape index (κ3) is 10.0. The normalized spacial score (nSPS) is 11.8. The number of aliphatic carboxylic acids is 1. The minimum atomic E-state index is -0.964. The highest BCUT2D eigenvalue weighted by Gasteiger charge is 2.18. The van der Waals surface area contributed by atoms with Gasteiger partial charge in [-0.15, -0.1) is 0 Å². The van der Waals surface area contributed by atoms with Crippen molar-refractivity contribution in [3.05, 3.63) is 130 Å². The first-order valence-corrected chi connectivity index (χ1v) is 14.2. The zero-order valence-corrected chi connectivity index (χ0v) is 24.0. The second-order valence-electron chi connectivity index (χ2n) is 10.00. The number of carboxylic acids is 2. The number of ether oxygens (including phenoxy) is 2. The first-order valence-electron chi connectivity index (χ1n) is 13.8. The molecule has 0 heterocycles. The molecule has 0 bridgehead atoms. The Morgan fingerprint density at radius 2 is 1.38 bits per heavy atom. The molecule has 8 heteroatoms. The van der Waals surface area contributed by atoms with Crippen LogP contribution in [0.15, 0.2) is 103 Å². The van der Waals surface area contributed by atoms with Crippen molar-refractivity contribution in [1.82, 2.24) is 4.90 Å². The molecule has 1 atom stereocenters. The second-order valence-corrected chi connectivity index (χ2v) is 10.4. The molecule has 0 aromatic heterocycles. The van der Waals surface area contributed by atoms with E-state index in [0.29, 0.717) is 49.2 Å². The van der Waals surface area contributed by atoms with Crippen LogP contribution < -0.4 is 4.74 Å².